The molecule has 5 nitrogen and oxygen atoms in total. The summed E-state index contributed by atoms with van der Waals surface area (Å²) in [5.41, 5.74) is 2.81. The molecule has 0 saturated heterocycles. The molecular weight excluding hydrogens is 355 g/mol. The second-order valence-electron chi connectivity index (χ2n) is 7.16. The minimum atomic E-state index is -0.179. The number of aliphatic imine (C=N–C) groups is 1. The maximum Gasteiger partial charge on any atom is 0.191 e. The van der Waals surface area contributed by atoms with E-state index in [0.717, 1.165) is 16.9 Å². The number of guanidine groups is 1. The van der Waals surface area contributed by atoms with Crippen LogP contribution in [0.15, 0.2) is 47.5 Å². The van der Waals surface area contributed by atoms with Crippen LogP contribution in [0.2, 0.25) is 0 Å². The molecule has 28 heavy (non-hydrogen) atoms. The van der Waals surface area contributed by atoms with E-state index in [-0.39, 0.29) is 11.9 Å². The van der Waals surface area contributed by atoms with Gasteiger partial charge in [0, 0.05) is 25.7 Å². The van der Waals surface area contributed by atoms with Gasteiger partial charge in [0.15, 0.2) is 5.96 Å². The summed E-state index contributed by atoms with van der Waals surface area (Å²) in [5.74, 6) is 1.39. The standard InChI is InChI=1S/C22H31FN4O/c1-16-8-6-7-9-21(16)28-17(2)13-25-22(24-3)26-14-18-10-11-20(23)19(12-18)15-27(4)5/h6-12,17H,13-15H2,1-5H3,(H2,24,25,26). The van der Waals surface area contributed by atoms with Crippen molar-refractivity contribution < 1.29 is 9.13 Å². The van der Waals surface area contributed by atoms with Gasteiger partial charge in [0.05, 0.1) is 6.54 Å². The number of hydrogen-bond acceptors (Lipinski definition) is 3. The van der Waals surface area contributed by atoms with Gasteiger partial charge in [0.2, 0.25) is 0 Å². The molecule has 1 atom stereocenters. The summed E-state index contributed by atoms with van der Waals surface area (Å²) < 4.78 is 19.9. The molecule has 6 heteroatoms. The second-order valence-corrected chi connectivity index (χ2v) is 7.16. The monoisotopic (exact) mass is 386 g/mol. The molecule has 2 N–H and O–H groups in total. The molecule has 0 spiro atoms. The number of benzene rings is 2. The van der Waals surface area contributed by atoms with Crippen LogP contribution in [0.4, 0.5) is 4.39 Å². The van der Waals surface area contributed by atoms with Gasteiger partial charge in [-0.15, -0.1) is 0 Å². The predicted octanol–water partition coefficient (Wildman–Crippen LogP) is 3.33. The van der Waals surface area contributed by atoms with Gasteiger partial charge in [-0.05, 0) is 57.3 Å². The lowest BCUT2D eigenvalue weighted by Gasteiger charge is -2.19. The van der Waals surface area contributed by atoms with Gasteiger partial charge in [-0.1, -0.05) is 24.3 Å². The Labute approximate surface area is 167 Å². The summed E-state index contributed by atoms with van der Waals surface area (Å²) >= 11 is 0. The van der Waals surface area contributed by atoms with Crippen LogP contribution in [-0.4, -0.2) is 44.7 Å². The molecule has 0 saturated carbocycles. The fourth-order valence-electron chi connectivity index (χ4n) is 2.79. The molecule has 0 fully saturated rings. The number of aryl methyl sites for hydroxylation is 1. The molecule has 2 aromatic rings. The first kappa shape index (κ1) is 21.7. The van der Waals surface area contributed by atoms with Crippen LogP contribution in [0, 0.1) is 12.7 Å². The molecule has 0 aliphatic carbocycles. The highest BCUT2D eigenvalue weighted by molar-refractivity contribution is 5.79. The van der Waals surface area contributed by atoms with Crippen LogP contribution in [0.1, 0.15) is 23.6 Å². The number of hydrogen-bond donors (Lipinski definition) is 2. The summed E-state index contributed by atoms with van der Waals surface area (Å²) in [6.07, 6.45) is -0.0165. The van der Waals surface area contributed by atoms with E-state index >= 15 is 0 Å². The van der Waals surface area contributed by atoms with Crippen molar-refractivity contribution in [1.29, 1.82) is 0 Å². The molecule has 0 amide bonds. The van der Waals surface area contributed by atoms with Crippen molar-refractivity contribution >= 4 is 5.96 Å². The molecule has 2 aromatic carbocycles. The first-order valence-electron chi connectivity index (χ1n) is 9.48. The quantitative estimate of drug-likeness (QED) is 0.540. The molecule has 1 unspecified atom stereocenters. The maximum atomic E-state index is 13.9. The molecule has 0 aliphatic heterocycles. The Kier molecular flexibility index (Phi) is 8.26. The average molecular weight is 387 g/mol. The number of ether oxygens (including phenoxy) is 1. The maximum absolute atomic E-state index is 13.9. The van der Waals surface area contributed by atoms with Crippen molar-refractivity contribution in [3.05, 3.63) is 65.0 Å². The minimum Gasteiger partial charge on any atom is -0.489 e. The summed E-state index contributed by atoms with van der Waals surface area (Å²) in [4.78, 5) is 6.19. The normalized spacial score (nSPS) is 12.8. The third kappa shape index (κ3) is 6.85. The largest absolute Gasteiger partial charge is 0.489 e. The molecule has 152 valence electrons. The van der Waals surface area contributed by atoms with E-state index in [1.807, 2.05) is 63.2 Å². The molecular formula is C22H31FN4O. The van der Waals surface area contributed by atoms with Gasteiger partial charge in [0.1, 0.15) is 17.7 Å². The van der Waals surface area contributed by atoms with Gasteiger partial charge in [-0.2, -0.15) is 0 Å². The van der Waals surface area contributed by atoms with E-state index in [2.05, 4.69) is 15.6 Å². The van der Waals surface area contributed by atoms with E-state index in [4.69, 9.17) is 4.74 Å². The highest BCUT2D eigenvalue weighted by atomic mass is 19.1. The van der Waals surface area contributed by atoms with Crippen LogP contribution in [0.3, 0.4) is 0 Å². The number of nitrogens with one attached hydrogen (secondary N) is 2. The lowest BCUT2D eigenvalue weighted by molar-refractivity contribution is 0.222. The van der Waals surface area contributed by atoms with Crippen molar-refractivity contribution in [3.63, 3.8) is 0 Å². The SMILES string of the molecule is CN=C(NCc1ccc(F)c(CN(C)C)c1)NCC(C)Oc1ccccc1C. The van der Waals surface area contributed by atoms with Crippen LogP contribution in [0.25, 0.3) is 0 Å². The molecule has 0 heterocycles. The van der Waals surface area contributed by atoms with Crippen LogP contribution in [0.5, 0.6) is 5.75 Å². The van der Waals surface area contributed by atoms with E-state index in [9.17, 15) is 4.39 Å². The Balaban J connectivity index is 1.85. The van der Waals surface area contributed by atoms with Crippen molar-refractivity contribution in [1.82, 2.24) is 15.5 Å². The topological polar surface area (TPSA) is 48.9 Å². The predicted molar refractivity (Wildman–Crippen MR) is 113 cm³/mol. The van der Waals surface area contributed by atoms with Crippen LogP contribution >= 0.6 is 0 Å². The van der Waals surface area contributed by atoms with Crippen LogP contribution in [-0.2, 0) is 13.1 Å². The smallest absolute Gasteiger partial charge is 0.191 e. The Morgan fingerprint density at radius 2 is 1.93 bits per heavy atom. The fourth-order valence-corrected chi connectivity index (χ4v) is 2.79. The zero-order chi connectivity index (χ0) is 20.5. The first-order chi connectivity index (χ1) is 13.4. The summed E-state index contributed by atoms with van der Waals surface area (Å²) in [6, 6.07) is 13.2. The van der Waals surface area contributed by atoms with Gasteiger partial charge in [0.25, 0.3) is 0 Å². The molecule has 0 radical (unpaired) electrons. The molecule has 0 bridgehead atoms. The van der Waals surface area contributed by atoms with E-state index in [1.165, 1.54) is 6.07 Å². The van der Waals surface area contributed by atoms with Gasteiger partial charge in [-0.25, -0.2) is 4.39 Å². The Hall–Kier alpha value is -2.60. The van der Waals surface area contributed by atoms with Crippen molar-refractivity contribution in [2.24, 2.45) is 4.99 Å². The highest BCUT2D eigenvalue weighted by Gasteiger charge is 2.08. The number of rotatable bonds is 8. The number of nitrogens with zero attached hydrogens (tertiary/aromatic N) is 2. The third-order valence-electron chi connectivity index (χ3n) is 4.26. The lowest BCUT2D eigenvalue weighted by Crippen LogP contribution is -2.41. The second kappa shape index (κ2) is 10.7. The number of para-hydroxylation sites is 1. The van der Waals surface area contributed by atoms with E-state index in [0.29, 0.717) is 31.2 Å². The van der Waals surface area contributed by atoms with Crippen molar-refractivity contribution in [2.45, 2.75) is 33.0 Å². The Bertz CT molecular complexity index is 792. The van der Waals surface area contributed by atoms with Gasteiger partial charge < -0.3 is 20.3 Å². The average Bonchev–Trinajstić information content (AvgIpc) is 2.66. The lowest BCUT2D eigenvalue weighted by atomic mass is 10.1. The summed E-state index contributed by atoms with van der Waals surface area (Å²) in [6.45, 7) is 5.79. The molecule has 0 aromatic heterocycles. The highest BCUT2D eigenvalue weighted by Crippen LogP contribution is 2.17. The third-order valence-corrected chi connectivity index (χ3v) is 4.26. The van der Waals surface area contributed by atoms with Crippen molar-refractivity contribution in [2.75, 3.05) is 27.7 Å². The van der Waals surface area contributed by atoms with E-state index < -0.39 is 0 Å². The van der Waals surface area contributed by atoms with Gasteiger partial charge >= 0.3 is 0 Å². The summed E-state index contributed by atoms with van der Waals surface area (Å²) in [7, 11) is 5.58. The number of halogens is 1. The molecule has 2 rings (SSSR count). The van der Waals surface area contributed by atoms with E-state index in [1.54, 1.807) is 13.1 Å². The zero-order valence-electron chi connectivity index (χ0n) is 17.4. The van der Waals surface area contributed by atoms with Crippen LogP contribution < -0.4 is 15.4 Å². The summed E-state index contributed by atoms with van der Waals surface area (Å²) in [5, 5.41) is 6.53. The van der Waals surface area contributed by atoms with Crippen molar-refractivity contribution in [3.8, 4) is 5.75 Å². The Morgan fingerprint density at radius 1 is 1.18 bits per heavy atom. The van der Waals surface area contributed by atoms with Gasteiger partial charge in [-0.3, -0.25) is 4.99 Å². The Morgan fingerprint density at radius 3 is 2.61 bits per heavy atom. The molecule has 0 aliphatic rings. The minimum absolute atomic E-state index is 0.0165. The zero-order valence-corrected chi connectivity index (χ0v) is 17.4. The fraction of sp³-hybridized carbons (Fsp3) is 0.409. The first-order valence-corrected chi connectivity index (χ1v) is 9.48.